The molecule has 0 aromatic carbocycles. The van der Waals surface area contributed by atoms with Crippen LogP contribution in [0.25, 0.3) is 0 Å². The summed E-state index contributed by atoms with van der Waals surface area (Å²) < 4.78 is 5.71. The number of piperidine rings is 1. The van der Waals surface area contributed by atoms with Crippen molar-refractivity contribution >= 4 is 0 Å². The van der Waals surface area contributed by atoms with Crippen LogP contribution in [-0.4, -0.2) is 37.2 Å². The Labute approximate surface area is 94.0 Å². The SMILES string of the molecule is CCCC1CCCN(CC2CCCO2)C1. The predicted molar refractivity (Wildman–Crippen MR) is 63.0 cm³/mol. The Hall–Kier alpha value is -0.0800. The molecule has 0 amide bonds. The zero-order valence-electron chi connectivity index (χ0n) is 10.1. The monoisotopic (exact) mass is 211 g/mol. The Kier molecular flexibility index (Phi) is 4.45. The zero-order valence-corrected chi connectivity index (χ0v) is 10.1. The van der Waals surface area contributed by atoms with Gasteiger partial charge < -0.3 is 9.64 Å². The van der Waals surface area contributed by atoms with Crippen LogP contribution in [0.2, 0.25) is 0 Å². The van der Waals surface area contributed by atoms with Gasteiger partial charge in [0.25, 0.3) is 0 Å². The minimum absolute atomic E-state index is 0.547. The molecule has 88 valence electrons. The zero-order chi connectivity index (χ0) is 10.5. The van der Waals surface area contributed by atoms with E-state index in [9.17, 15) is 0 Å². The molecule has 2 atom stereocenters. The molecule has 0 aromatic heterocycles. The van der Waals surface area contributed by atoms with Gasteiger partial charge >= 0.3 is 0 Å². The van der Waals surface area contributed by atoms with Crippen molar-refractivity contribution in [3.8, 4) is 0 Å². The van der Waals surface area contributed by atoms with Gasteiger partial charge in [0.05, 0.1) is 6.10 Å². The number of hydrogen-bond donors (Lipinski definition) is 0. The van der Waals surface area contributed by atoms with E-state index in [1.807, 2.05) is 0 Å². The smallest absolute Gasteiger partial charge is 0.0702 e. The number of nitrogens with zero attached hydrogens (tertiary/aromatic N) is 1. The van der Waals surface area contributed by atoms with Crippen LogP contribution in [0.3, 0.4) is 0 Å². The van der Waals surface area contributed by atoms with Crippen LogP contribution in [0.4, 0.5) is 0 Å². The molecule has 2 nitrogen and oxygen atoms in total. The first-order valence-corrected chi connectivity index (χ1v) is 6.72. The number of ether oxygens (including phenoxy) is 1. The lowest BCUT2D eigenvalue weighted by molar-refractivity contribution is 0.0556. The summed E-state index contributed by atoms with van der Waals surface area (Å²) in [6.45, 7) is 7.13. The number of rotatable bonds is 4. The van der Waals surface area contributed by atoms with Crippen molar-refractivity contribution in [1.29, 1.82) is 0 Å². The fourth-order valence-corrected chi connectivity index (χ4v) is 3.04. The molecule has 2 aliphatic rings. The second-order valence-electron chi connectivity index (χ2n) is 5.19. The van der Waals surface area contributed by atoms with Gasteiger partial charge in [0.2, 0.25) is 0 Å². The van der Waals surface area contributed by atoms with Crippen molar-refractivity contribution in [1.82, 2.24) is 4.90 Å². The first-order valence-electron chi connectivity index (χ1n) is 6.72. The Morgan fingerprint density at radius 2 is 2.20 bits per heavy atom. The van der Waals surface area contributed by atoms with E-state index in [2.05, 4.69) is 11.8 Å². The first kappa shape index (κ1) is 11.4. The van der Waals surface area contributed by atoms with E-state index < -0.39 is 0 Å². The normalized spacial score (nSPS) is 33.4. The molecular formula is C13H25NO. The van der Waals surface area contributed by atoms with Crippen LogP contribution in [0.1, 0.15) is 45.4 Å². The quantitative estimate of drug-likeness (QED) is 0.709. The highest BCUT2D eigenvalue weighted by Gasteiger charge is 2.23. The Balaban J connectivity index is 1.71. The van der Waals surface area contributed by atoms with Gasteiger partial charge in [0.15, 0.2) is 0 Å². The van der Waals surface area contributed by atoms with E-state index in [4.69, 9.17) is 4.74 Å². The maximum absolute atomic E-state index is 5.71. The van der Waals surface area contributed by atoms with Gasteiger partial charge in [-0.25, -0.2) is 0 Å². The lowest BCUT2D eigenvalue weighted by Gasteiger charge is -2.33. The second-order valence-corrected chi connectivity index (χ2v) is 5.19. The highest BCUT2D eigenvalue weighted by Crippen LogP contribution is 2.22. The van der Waals surface area contributed by atoms with Crippen molar-refractivity contribution in [2.75, 3.05) is 26.2 Å². The van der Waals surface area contributed by atoms with Crippen LogP contribution in [-0.2, 0) is 4.74 Å². The molecule has 15 heavy (non-hydrogen) atoms. The minimum atomic E-state index is 0.547. The third kappa shape index (κ3) is 3.46. The van der Waals surface area contributed by atoms with Crippen LogP contribution in [0.15, 0.2) is 0 Å². The Morgan fingerprint density at radius 1 is 1.27 bits per heavy atom. The Bertz CT molecular complexity index is 175. The largest absolute Gasteiger partial charge is 0.377 e. The summed E-state index contributed by atoms with van der Waals surface area (Å²) in [5, 5.41) is 0. The maximum atomic E-state index is 5.71. The van der Waals surface area contributed by atoms with Crippen LogP contribution in [0.5, 0.6) is 0 Å². The van der Waals surface area contributed by atoms with Gasteiger partial charge in [-0.05, 0) is 44.6 Å². The van der Waals surface area contributed by atoms with E-state index >= 15 is 0 Å². The van der Waals surface area contributed by atoms with Crippen molar-refractivity contribution in [2.24, 2.45) is 5.92 Å². The fourth-order valence-electron chi connectivity index (χ4n) is 3.04. The molecule has 0 saturated carbocycles. The molecule has 2 saturated heterocycles. The highest BCUT2D eigenvalue weighted by molar-refractivity contribution is 4.77. The second kappa shape index (κ2) is 5.86. The molecule has 0 radical (unpaired) electrons. The van der Waals surface area contributed by atoms with E-state index in [0.717, 1.165) is 12.5 Å². The molecule has 0 spiro atoms. The van der Waals surface area contributed by atoms with Gasteiger partial charge in [-0.3, -0.25) is 0 Å². The van der Waals surface area contributed by atoms with Gasteiger partial charge in [-0.1, -0.05) is 13.3 Å². The molecule has 2 unspecified atom stereocenters. The minimum Gasteiger partial charge on any atom is -0.377 e. The lowest BCUT2D eigenvalue weighted by Crippen LogP contribution is -2.40. The van der Waals surface area contributed by atoms with E-state index in [1.54, 1.807) is 0 Å². The average Bonchev–Trinajstić information content (AvgIpc) is 2.71. The van der Waals surface area contributed by atoms with Gasteiger partial charge in [-0.15, -0.1) is 0 Å². The summed E-state index contributed by atoms with van der Waals surface area (Å²) in [5.41, 5.74) is 0. The van der Waals surface area contributed by atoms with Crippen molar-refractivity contribution < 1.29 is 4.74 Å². The summed E-state index contributed by atoms with van der Waals surface area (Å²) in [5.74, 6) is 0.963. The topological polar surface area (TPSA) is 12.5 Å². The molecule has 0 bridgehead atoms. The molecule has 2 heteroatoms. The van der Waals surface area contributed by atoms with Crippen molar-refractivity contribution in [3.63, 3.8) is 0 Å². The summed E-state index contributed by atoms with van der Waals surface area (Å²) >= 11 is 0. The predicted octanol–water partition coefficient (Wildman–Crippen LogP) is 2.68. The number of hydrogen-bond acceptors (Lipinski definition) is 2. The maximum Gasteiger partial charge on any atom is 0.0702 e. The van der Waals surface area contributed by atoms with E-state index in [-0.39, 0.29) is 0 Å². The third-order valence-electron chi connectivity index (χ3n) is 3.79. The van der Waals surface area contributed by atoms with E-state index in [1.165, 1.54) is 58.2 Å². The average molecular weight is 211 g/mol. The van der Waals surface area contributed by atoms with E-state index in [0.29, 0.717) is 6.10 Å². The summed E-state index contributed by atoms with van der Waals surface area (Å²) in [7, 11) is 0. The number of likely N-dealkylation sites (tertiary alicyclic amines) is 1. The molecular weight excluding hydrogens is 186 g/mol. The summed E-state index contributed by atoms with van der Waals surface area (Å²) in [6.07, 6.45) is 8.73. The van der Waals surface area contributed by atoms with Gasteiger partial charge in [0, 0.05) is 19.7 Å². The molecule has 2 rings (SSSR count). The highest BCUT2D eigenvalue weighted by atomic mass is 16.5. The molecule has 2 aliphatic heterocycles. The molecule has 0 aromatic rings. The molecule has 2 fully saturated rings. The summed E-state index contributed by atoms with van der Waals surface area (Å²) in [4.78, 5) is 2.64. The van der Waals surface area contributed by atoms with Gasteiger partial charge in [-0.2, -0.15) is 0 Å². The lowest BCUT2D eigenvalue weighted by atomic mass is 9.93. The molecule has 0 aliphatic carbocycles. The van der Waals surface area contributed by atoms with Crippen LogP contribution in [0, 0.1) is 5.92 Å². The van der Waals surface area contributed by atoms with Crippen molar-refractivity contribution in [3.05, 3.63) is 0 Å². The molecule has 0 N–H and O–H groups in total. The third-order valence-corrected chi connectivity index (χ3v) is 3.79. The Morgan fingerprint density at radius 3 is 2.93 bits per heavy atom. The molecule has 2 heterocycles. The first-order chi connectivity index (χ1) is 7.38. The van der Waals surface area contributed by atoms with Gasteiger partial charge in [0.1, 0.15) is 0 Å². The standard InChI is InChI=1S/C13H25NO/c1-2-5-12-6-3-8-14(10-12)11-13-7-4-9-15-13/h12-13H,2-11H2,1H3. The van der Waals surface area contributed by atoms with Crippen LogP contribution < -0.4 is 0 Å². The van der Waals surface area contributed by atoms with Crippen molar-refractivity contribution in [2.45, 2.75) is 51.6 Å². The summed E-state index contributed by atoms with van der Waals surface area (Å²) in [6, 6.07) is 0. The fraction of sp³-hybridized carbons (Fsp3) is 1.00. The van der Waals surface area contributed by atoms with Crippen LogP contribution >= 0.6 is 0 Å².